The van der Waals surface area contributed by atoms with Gasteiger partial charge in [-0.2, -0.15) is 5.10 Å². The van der Waals surface area contributed by atoms with Gasteiger partial charge in [-0.1, -0.05) is 18.2 Å². The van der Waals surface area contributed by atoms with E-state index in [1.165, 1.54) is 0 Å². The van der Waals surface area contributed by atoms with E-state index in [1.807, 2.05) is 0 Å². The van der Waals surface area contributed by atoms with Crippen molar-refractivity contribution >= 4 is 21.6 Å². The molecule has 0 aliphatic carbocycles. The highest BCUT2D eigenvalue weighted by Gasteiger charge is 2.21. The first-order chi connectivity index (χ1) is 11.8. The Bertz CT molecular complexity index is 868. The van der Waals surface area contributed by atoms with Crippen molar-refractivity contribution in [2.45, 2.75) is 25.9 Å². The molecule has 2 aromatic rings. The predicted octanol–water partition coefficient (Wildman–Crippen LogP) is 1.53. The minimum Gasteiger partial charge on any atom is -0.478 e. The second-order valence-electron chi connectivity index (χ2n) is 5.95. The highest BCUT2D eigenvalue weighted by Crippen LogP contribution is 2.24. The number of carbonyl (C=O) groups is 1. The number of hydrogen-bond donors (Lipinski definition) is 2. The first kappa shape index (κ1) is 17.3. The number of aromatic nitrogens is 2. The zero-order valence-electron chi connectivity index (χ0n) is 14.0. The molecule has 2 heterocycles. The molecule has 8 nitrogen and oxygen atoms in total. The molecule has 134 valence electrons. The number of anilines is 1. The normalized spacial score (nSPS) is 15.0. The fourth-order valence-corrected chi connectivity index (χ4v) is 3.28. The molecule has 9 heteroatoms. The maximum absolute atomic E-state index is 12.5. The molecule has 1 unspecified atom stereocenters. The molecule has 0 radical (unpaired) electrons. The Balaban J connectivity index is 1.77. The topological polar surface area (TPSA) is 102 Å². The second kappa shape index (κ2) is 6.75. The second-order valence-corrected chi connectivity index (χ2v) is 7.70. The molecule has 1 aromatic carbocycles. The zero-order valence-corrected chi connectivity index (χ0v) is 14.8. The van der Waals surface area contributed by atoms with Crippen LogP contribution in [-0.4, -0.2) is 37.0 Å². The summed E-state index contributed by atoms with van der Waals surface area (Å²) in [6, 6.07) is 8.14. The van der Waals surface area contributed by atoms with Crippen LogP contribution in [0.2, 0.25) is 0 Å². The zero-order chi connectivity index (χ0) is 18.0. The van der Waals surface area contributed by atoms with Crippen molar-refractivity contribution in [2.75, 3.05) is 17.6 Å². The third-order valence-electron chi connectivity index (χ3n) is 3.81. The average molecular weight is 364 g/mol. The molecular weight excluding hydrogens is 344 g/mol. The number of carbonyl (C=O) groups excluding carboxylic acids is 1. The third kappa shape index (κ3) is 4.11. The molecule has 1 aromatic heterocycles. The van der Waals surface area contributed by atoms with Crippen LogP contribution in [0, 0.1) is 0 Å². The van der Waals surface area contributed by atoms with Crippen molar-refractivity contribution in [2.24, 2.45) is 0 Å². The number of amides is 1. The Hall–Kier alpha value is -2.55. The first-order valence-corrected chi connectivity index (χ1v) is 9.81. The van der Waals surface area contributed by atoms with E-state index < -0.39 is 16.1 Å². The van der Waals surface area contributed by atoms with Crippen LogP contribution < -0.4 is 14.8 Å². The SMILES string of the molecule is CC(NC(=O)c1cc2n(n1)CCCO2)c1ccccc1NS(C)(=O)=O. The number of nitrogens with one attached hydrogen (secondary N) is 2. The summed E-state index contributed by atoms with van der Waals surface area (Å²) in [6.45, 7) is 3.13. The van der Waals surface area contributed by atoms with Crippen LogP contribution in [0.5, 0.6) is 5.88 Å². The molecule has 0 saturated heterocycles. The fourth-order valence-electron chi connectivity index (χ4n) is 2.69. The number of sulfonamides is 1. The van der Waals surface area contributed by atoms with Crippen molar-refractivity contribution in [1.82, 2.24) is 15.1 Å². The quantitative estimate of drug-likeness (QED) is 0.838. The summed E-state index contributed by atoms with van der Waals surface area (Å²) in [7, 11) is -3.41. The molecular formula is C16H20N4O4S. The van der Waals surface area contributed by atoms with E-state index in [2.05, 4.69) is 15.1 Å². The van der Waals surface area contributed by atoms with Crippen molar-refractivity contribution < 1.29 is 17.9 Å². The van der Waals surface area contributed by atoms with Crippen LogP contribution >= 0.6 is 0 Å². The van der Waals surface area contributed by atoms with Gasteiger partial charge in [0.05, 0.1) is 24.6 Å². The highest BCUT2D eigenvalue weighted by atomic mass is 32.2. The van der Waals surface area contributed by atoms with E-state index in [0.29, 0.717) is 23.7 Å². The van der Waals surface area contributed by atoms with Gasteiger partial charge in [-0.15, -0.1) is 0 Å². The van der Waals surface area contributed by atoms with Crippen molar-refractivity contribution in [3.05, 3.63) is 41.6 Å². The van der Waals surface area contributed by atoms with Crippen LogP contribution in [0.15, 0.2) is 30.3 Å². The number of rotatable bonds is 5. The van der Waals surface area contributed by atoms with Gasteiger partial charge in [-0.25, -0.2) is 13.1 Å². The molecule has 0 spiro atoms. The summed E-state index contributed by atoms with van der Waals surface area (Å²) < 4.78 is 32.6. The Morgan fingerprint density at radius 3 is 2.84 bits per heavy atom. The fraction of sp³-hybridized carbons (Fsp3) is 0.375. The number of fused-ring (bicyclic) bond motifs is 1. The molecule has 0 fully saturated rings. The van der Waals surface area contributed by atoms with E-state index in [-0.39, 0.29) is 11.6 Å². The van der Waals surface area contributed by atoms with Gasteiger partial charge in [-0.3, -0.25) is 9.52 Å². The lowest BCUT2D eigenvalue weighted by atomic mass is 10.1. The Morgan fingerprint density at radius 1 is 1.36 bits per heavy atom. The van der Waals surface area contributed by atoms with Gasteiger partial charge in [0.25, 0.3) is 5.91 Å². The maximum atomic E-state index is 12.5. The predicted molar refractivity (Wildman–Crippen MR) is 93.1 cm³/mol. The van der Waals surface area contributed by atoms with Gasteiger partial charge < -0.3 is 10.1 Å². The van der Waals surface area contributed by atoms with Gasteiger partial charge in [-0.05, 0) is 18.6 Å². The van der Waals surface area contributed by atoms with E-state index in [0.717, 1.165) is 19.2 Å². The van der Waals surface area contributed by atoms with E-state index in [9.17, 15) is 13.2 Å². The van der Waals surface area contributed by atoms with Crippen LogP contribution in [0.3, 0.4) is 0 Å². The Kier molecular flexibility index (Phi) is 4.67. The lowest BCUT2D eigenvalue weighted by molar-refractivity contribution is 0.0934. The number of para-hydroxylation sites is 1. The smallest absolute Gasteiger partial charge is 0.272 e. The maximum Gasteiger partial charge on any atom is 0.272 e. The van der Waals surface area contributed by atoms with Crippen LogP contribution in [0.25, 0.3) is 0 Å². The molecule has 0 bridgehead atoms. The van der Waals surface area contributed by atoms with Gasteiger partial charge in [0.1, 0.15) is 0 Å². The van der Waals surface area contributed by atoms with E-state index >= 15 is 0 Å². The molecule has 25 heavy (non-hydrogen) atoms. The molecule has 1 amide bonds. The lowest BCUT2D eigenvalue weighted by Gasteiger charge is -2.17. The summed E-state index contributed by atoms with van der Waals surface area (Å²) >= 11 is 0. The van der Waals surface area contributed by atoms with Gasteiger partial charge in [0.15, 0.2) is 5.69 Å². The molecule has 2 N–H and O–H groups in total. The van der Waals surface area contributed by atoms with Crippen LogP contribution in [-0.2, 0) is 16.6 Å². The molecule has 1 aliphatic heterocycles. The summed E-state index contributed by atoms with van der Waals surface area (Å²) in [4.78, 5) is 12.5. The summed E-state index contributed by atoms with van der Waals surface area (Å²) in [5, 5.41) is 7.09. The van der Waals surface area contributed by atoms with Crippen LogP contribution in [0.4, 0.5) is 5.69 Å². The van der Waals surface area contributed by atoms with Crippen molar-refractivity contribution in [1.29, 1.82) is 0 Å². The van der Waals surface area contributed by atoms with E-state index in [1.54, 1.807) is 41.9 Å². The highest BCUT2D eigenvalue weighted by molar-refractivity contribution is 7.92. The van der Waals surface area contributed by atoms with Gasteiger partial charge in [0, 0.05) is 19.0 Å². The molecule has 1 aliphatic rings. The summed E-state index contributed by atoms with van der Waals surface area (Å²) in [5.74, 6) is 0.246. The number of hydrogen-bond acceptors (Lipinski definition) is 5. The van der Waals surface area contributed by atoms with Crippen LogP contribution in [0.1, 0.15) is 35.4 Å². The third-order valence-corrected chi connectivity index (χ3v) is 4.40. The number of ether oxygens (including phenoxy) is 1. The Labute approximate surface area is 146 Å². The first-order valence-electron chi connectivity index (χ1n) is 7.92. The summed E-state index contributed by atoms with van der Waals surface area (Å²) in [5.41, 5.74) is 1.38. The molecule has 1 atom stereocenters. The largest absolute Gasteiger partial charge is 0.478 e. The van der Waals surface area contributed by atoms with Crippen molar-refractivity contribution in [3.63, 3.8) is 0 Å². The minimum absolute atomic E-state index is 0.275. The minimum atomic E-state index is -3.41. The van der Waals surface area contributed by atoms with E-state index in [4.69, 9.17) is 4.74 Å². The molecule has 3 rings (SSSR count). The lowest BCUT2D eigenvalue weighted by Crippen LogP contribution is -2.28. The average Bonchev–Trinajstić information content (AvgIpc) is 2.98. The van der Waals surface area contributed by atoms with Gasteiger partial charge >= 0.3 is 0 Å². The Morgan fingerprint density at radius 2 is 2.12 bits per heavy atom. The standard InChI is InChI=1S/C16H20N4O4S/c1-11(12-6-3-4-7-13(12)19-25(2,22)23)17-16(21)14-10-15-20(18-14)8-5-9-24-15/h3-4,6-7,10-11,19H,5,8-9H2,1-2H3,(H,17,21). The van der Waals surface area contributed by atoms with Gasteiger partial charge in [0.2, 0.25) is 15.9 Å². The number of nitrogens with zero attached hydrogens (tertiary/aromatic N) is 2. The molecule has 0 saturated carbocycles. The number of aryl methyl sites for hydroxylation is 1. The monoisotopic (exact) mass is 364 g/mol. The van der Waals surface area contributed by atoms with Crippen molar-refractivity contribution in [3.8, 4) is 5.88 Å². The summed E-state index contributed by atoms with van der Waals surface area (Å²) in [6.07, 6.45) is 1.94. The number of benzene rings is 1.